The quantitative estimate of drug-likeness (QED) is 0.705. The minimum Gasteiger partial charge on any atom is -0.465 e. The van der Waals surface area contributed by atoms with Gasteiger partial charge in [0, 0.05) is 6.54 Å². The molecule has 0 bridgehead atoms. The van der Waals surface area contributed by atoms with E-state index in [2.05, 4.69) is 10.1 Å². The second-order valence-corrected chi connectivity index (χ2v) is 6.46. The van der Waals surface area contributed by atoms with Crippen LogP contribution in [0.4, 0.5) is 4.79 Å². The van der Waals surface area contributed by atoms with Crippen molar-refractivity contribution in [1.82, 2.24) is 5.32 Å². The fraction of sp³-hybridized carbons (Fsp3) is 0.529. The van der Waals surface area contributed by atoms with Gasteiger partial charge in [-0.25, -0.2) is 9.59 Å². The Kier molecular flexibility index (Phi) is 6.74. The molecule has 0 heterocycles. The van der Waals surface area contributed by atoms with Gasteiger partial charge in [-0.15, -0.1) is 0 Å². The molecule has 1 amide bonds. The molecule has 134 valence electrons. The van der Waals surface area contributed by atoms with Gasteiger partial charge in [-0.3, -0.25) is 0 Å². The molecule has 1 aromatic carbocycles. The number of amides is 1. The SMILES string of the molecule is COC(=O)c1cc(C(O)C(O)CNC(=O)OC(C)(C)C)ccc1C. The molecule has 0 radical (unpaired) electrons. The van der Waals surface area contributed by atoms with Crippen LogP contribution in [0.2, 0.25) is 0 Å². The number of aliphatic hydroxyl groups excluding tert-OH is 2. The highest BCUT2D eigenvalue weighted by molar-refractivity contribution is 5.91. The number of carbonyl (C=O) groups is 2. The molecule has 1 aromatic rings. The Bertz CT molecular complexity index is 593. The van der Waals surface area contributed by atoms with Crippen molar-refractivity contribution in [3.8, 4) is 0 Å². The van der Waals surface area contributed by atoms with E-state index in [-0.39, 0.29) is 6.54 Å². The third kappa shape index (κ3) is 5.82. The van der Waals surface area contributed by atoms with Crippen LogP contribution in [-0.2, 0) is 9.47 Å². The van der Waals surface area contributed by atoms with Crippen LogP contribution in [0.3, 0.4) is 0 Å². The minimum absolute atomic E-state index is 0.197. The Morgan fingerprint density at radius 2 is 1.88 bits per heavy atom. The van der Waals surface area contributed by atoms with Crippen LogP contribution in [-0.4, -0.2) is 47.6 Å². The highest BCUT2D eigenvalue weighted by atomic mass is 16.6. The standard InChI is InChI=1S/C17H25NO6/c1-10-6-7-11(8-12(10)15(21)23-5)14(20)13(19)9-18-16(22)24-17(2,3)4/h6-8,13-14,19-20H,9H2,1-5H3,(H,18,22). The summed E-state index contributed by atoms with van der Waals surface area (Å²) >= 11 is 0. The maximum atomic E-state index is 11.7. The molecule has 1 rings (SSSR count). The lowest BCUT2D eigenvalue weighted by Gasteiger charge is -2.22. The highest BCUT2D eigenvalue weighted by Crippen LogP contribution is 2.21. The van der Waals surface area contributed by atoms with Crippen LogP contribution >= 0.6 is 0 Å². The van der Waals surface area contributed by atoms with Crippen molar-refractivity contribution >= 4 is 12.1 Å². The van der Waals surface area contributed by atoms with E-state index in [1.54, 1.807) is 39.8 Å². The van der Waals surface area contributed by atoms with Gasteiger partial charge in [0.25, 0.3) is 0 Å². The topological polar surface area (TPSA) is 105 Å². The normalized spacial score (nSPS) is 13.8. The van der Waals surface area contributed by atoms with Crippen LogP contribution < -0.4 is 5.32 Å². The second kappa shape index (κ2) is 8.12. The van der Waals surface area contributed by atoms with Gasteiger partial charge in [0.1, 0.15) is 17.8 Å². The van der Waals surface area contributed by atoms with Crippen LogP contribution in [0.5, 0.6) is 0 Å². The smallest absolute Gasteiger partial charge is 0.407 e. The van der Waals surface area contributed by atoms with Crippen molar-refractivity contribution in [2.24, 2.45) is 0 Å². The first-order chi connectivity index (χ1) is 11.0. The molecule has 0 fully saturated rings. The Morgan fingerprint density at radius 1 is 1.25 bits per heavy atom. The Morgan fingerprint density at radius 3 is 2.42 bits per heavy atom. The van der Waals surface area contributed by atoms with Crippen LogP contribution in [0.25, 0.3) is 0 Å². The van der Waals surface area contributed by atoms with Gasteiger partial charge in [-0.1, -0.05) is 12.1 Å². The average molecular weight is 339 g/mol. The number of alkyl carbamates (subject to hydrolysis) is 1. The lowest BCUT2D eigenvalue weighted by molar-refractivity contribution is 0.0129. The maximum Gasteiger partial charge on any atom is 0.407 e. The largest absolute Gasteiger partial charge is 0.465 e. The number of aliphatic hydroxyl groups is 2. The molecule has 0 aliphatic heterocycles. The maximum absolute atomic E-state index is 11.7. The first-order valence-corrected chi connectivity index (χ1v) is 7.57. The molecule has 7 heteroatoms. The van der Waals surface area contributed by atoms with Crippen molar-refractivity contribution in [2.75, 3.05) is 13.7 Å². The molecule has 0 aliphatic rings. The lowest BCUT2D eigenvalue weighted by atomic mass is 9.99. The van der Waals surface area contributed by atoms with Crippen molar-refractivity contribution in [1.29, 1.82) is 0 Å². The van der Waals surface area contributed by atoms with E-state index < -0.39 is 29.9 Å². The third-order valence-electron chi connectivity index (χ3n) is 3.23. The molecular weight excluding hydrogens is 314 g/mol. The molecule has 7 nitrogen and oxygen atoms in total. The fourth-order valence-corrected chi connectivity index (χ4v) is 1.99. The Labute approximate surface area is 141 Å². The van der Waals surface area contributed by atoms with Crippen molar-refractivity contribution in [3.63, 3.8) is 0 Å². The predicted octanol–water partition coefficient (Wildman–Crippen LogP) is 1.70. The summed E-state index contributed by atoms with van der Waals surface area (Å²) in [4.78, 5) is 23.2. The molecule has 24 heavy (non-hydrogen) atoms. The van der Waals surface area contributed by atoms with Crippen LogP contribution in [0.1, 0.15) is 48.4 Å². The molecular formula is C17H25NO6. The molecule has 2 unspecified atom stereocenters. The number of esters is 1. The summed E-state index contributed by atoms with van der Waals surface area (Å²) in [6.07, 6.45) is -3.22. The van der Waals surface area contributed by atoms with Crippen LogP contribution in [0, 0.1) is 6.92 Å². The second-order valence-electron chi connectivity index (χ2n) is 6.46. The number of nitrogens with one attached hydrogen (secondary N) is 1. The average Bonchev–Trinajstić information content (AvgIpc) is 2.50. The van der Waals surface area contributed by atoms with Gasteiger partial charge in [-0.05, 0) is 44.9 Å². The first-order valence-electron chi connectivity index (χ1n) is 7.57. The minimum atomic E-state index is -1.27. The van der Waals surface area contributed by atoms with E-state index in [0.29, 0.717) is 16.7 Å². The van der Waals surface area contributed by atoms with Crippen molar-refractivity contribution < 1.29 is 29.3 Å². The molecule has 3 N–H and O–H groups in total. The van der Waals surface area contributed by atoms with E-state index in [4.69, 9.17) is 4.74 Å². The van der Waals surface area contributed by atoms with Crippen molar-refractivity contribution in [3.05, 3.63) is 34.9 Å². The van der Waals surface area contributed by atoms with E-state index in [1.165, 1.54) is 13.2 Å². The summed E-state index contributed by atoms with van der Waals surface area (Å²) in [5.41, 5.74) is 0.694. The summed E-state index contributed by atoms with van der Waals surface area (Å²) in [6, 6.07) is 4.71. The zero-order valence-corrected chi connectivity index (χ0v) is 14.6. The summed E-state index contributed by atoms with van der Waals surface area (Å²) in [7, 11) is 1.27. The predicted molar refractivity (Wildman–Crippen MR) is 87.7 cm³/mol. The summed E-state index contributed by atoms with van der Waals surface area (Å²) in [5, 5.41) is 22.6. The summed E-state index contributed by atoms with van der Waals surface area (Å²) in [6.45, 7) is 6.70. The number of benzene rings is 1. The van der Waals surface area contributed by atoms with E-state index in [0.717, 1.165) is 0 Å². The van der Waals surface area contributed by atoms with Gasteiger partial charge in [-0.2, -0.15) is 0 Å². The lowest BCUT2D eigenvalue weighted by Crippen LogP contribution is -2.38. The number of aryl methyl sites for hydroxylation is 1. The zero-order valence-electron chi connectivity index (χ0n) is 14.6. The van der Waals surface area contributed by atoms with E-state index in [1.807, 2.05) is 0 Å². The molecule has 0 saturated heterocycles. The number of rotatable bonds is 5. The van der Waals surface area contributed by atoms with Gasteiger partial charge < -0.3 is 25.0 Å². The number of hydrogen-bond acceptors (Lipinski definition) is 6. The molecule has 2 atom stereocenters. The monoisotopic (exact) mass is 339 g/mol. The van der Waals surface area contributed by atoms with Gasteiger partial charge in [0.2, 0.25) is 0 Å². The molecule has 0 spiro atoms. The van der Waals surface area contributed by atoms with E-state index in [9.17, 15) is 19.8 Å². The zero-order chi connectivity index (χ0) is 18.5. The number of hydrogen-bond donors (Lipinski definition) is 3. The Hall–Kier alpha value is -2.12. The summed E-state index contributed by atoms with van der Waals surface area (Å²) in [5.74, 6) is -0.525. The molecule has 0 saturated carbocycles. The number of ether oxygens (including phenoxy) is 2. The Balaban J connectivity index is 2.74. The van der Waals surface area contributed by atoms with Crippen molar-refractivity contribution in [2.45, 2.75) is 45.5 Å². The van der Waals surface area contributed by atoms with Gasteiger partial charge in [0.05, 0.1) is 12.7 Å². The van der Waals surface area contributed by atoms with E-state index >= 15 is 0 Å². The van der Waals surface area contributed by atoms with Gasteiger partial charge >= 0.3 is 12.1 Å². The first kappa shape index (κ1) is 19.9. The fourth-order valence-electron chi connectivity index (χ4n) is 1.99. The van der Waals surface area contributed by atoms with Crippen LogP contribution in [0.15, 0.2) is 18.2 Å². The third-order valence-corrected chi connectivity index (χ3v) is 3.23. The molecule has 0 aliphatic carbocycles. The number of methoxy groups -OCH3 is 1. The molecule has 0 aromatic heterocycles. The van der Waals surface area contributed by atoms with Gasteiger partial charge in [0.15, 0.2) is 0 Å². The number of carbonyl (C=O) groups excluding carboxylic acids is 2. The highest BCUT2D eigenvalue weighted by Gasteiger charge is 2.23. The summed E-state index contributed by atoms with van der Waals surface area (Å²) < 4.78 is 9.73.